The number of allylic oxidation sites excluding steroid dienone is 1. The molecule has 0 aliphatic heterocycles. The number of aliphatic carboxylic acids is 1. The molecule has 0 radical (unpaired) electrons. The van der Waals surface area contributed by atoms with Gasteiger partial charge in [0.15, 0.2) is 0 Å². The van der Waals surface area contributed by atoms with Crippen molar-refractivity contribution in [2.75, 3.05) is 6.61 Å². The van der Waals surface area contributed by atoms with Gasteiger partial charge in [0.2, 0.25) is 5.91 Å². The van der Waals surface area contributed by atoms with Gasteiger partial charge in [0.05, 0.1) is 0 Å². The van der Waals surface area contributed by atoms with E-state index in [-0.39, 0.29) is 18.2 Å². The minimum Gasteiger partial charge on any atom is -0.477 e. The second-order valence-corrected chi connectivity index (χ2v) is 2.00. The number of aliphatic hydroxyl groups excluding tert-OH is 1. The Balaban J connectivity index is 0. The van der Waals surface area contributed by atoms with Crippen LogP contribution in [0.3, 0.4) is 0 Å². The number of hydrogen-bond donors (Lipinski definition) is 3. The molecule has 5 nitrogen and oxygen atoms in total. The lowest BCUT2D eigenvalue weighted by Gasteiger charge is -1.99. The quantitative estimate of drug-likeness (QED) is 0.538. The van der Waals surface area contributed by atoms with Crippen LogP contribution in [0.25, 0.3) is 0 Å². The topological polar surface area (TPSA) is 86.6 Å². The maximum Gasteiger partial charge on any atom is 0.352 e. The number of hydrogen-bond acceptors (Lipinski definition) is 3. The van der Waals surface area contributed by atoms with Crippen molar-refractivity contribution in [2.45, 2.75) is 20.8 Å². The lowest BCUT2D eigenvalue weighted by molar-refractivity contribution is -0.134. The number of carboxylic acid groups (broad SMARTS) is 1. The summed E-state index contributed by atoms with van der Waals surface area (Å²) in [6, 6.07) is 0. The molecule has 0 aromatic rings. The molecule has 0 aliphatic rings. The molecule has 3 N–H and O–H groups in total. The number of carbonyl (C=O) groups excluding carboxylic acids is 1. The minimum absolute atomic E-state index is 0.0903. The number of nitrogens with one attached hydrogen (secondary N) is 1. The van der Waals surface area contributed by atoms with Crippen LogP contribution in [0.15, 0.2) is 11.8 Å². The van der Waals surface area contributed by atoms with Crippen molar-refractivity contribution in [3.63, 3.8) is 0 Å². The Kier molecular flexibility index (Phi) is 9.53. The first kappa shape index (κ1) is 14.2. The zero-order valence-corrected chi connectivity index (χ0v) is 8.00. The van der Waals surface area contributed by atoms with Crippen molar-refractivity contribution < 1.29 is 19.8 Å². The smallest absolute Gasteiger partial charge is 0.352 e. The standard InChI is InChI=1S/C6H9NO3.C2H6O/c1-3-5(6(9)10)7-4(2)8;1-2-3/h3H,1-2H3,(H,7,8)(H,9,10);3H,2H2,1H3. The molecule has 0 saturated carbocycles. The van der Waals surface area contributed by atoms with Crippen LogP contribution in [0.5, 0.6) is 0 Å². The second kappa shape index (κ2) is 8.73. The van der Waals surface area contributed by atoms with E-state index in [9.17, 15) is 9.59 Å². The molecule has 0 unspecified atom stereocenters. The highest BCUT2D eigenvalue weighted by Gasteiger charge is 2.05. The van der Waals surface area contributed by atoms with Gasteiger partial charge in [-0.05, 0) is 13.8 Å². The van der Waals surface area contributed by atoms with Crippen molar-refractivity contribution in [1.29, 1.82) is 0 Å². The fourth-order valence-electron chi connectivity index (χ4n) is 0.439. The third-order valence-electron chi connectivity index (χ3n) is 0.830. The van der Waals surface area contributed by atoms with E-state index in [0.717, 1.165) is 0 Å². The number of amides is 1. The molecule has 0 bridgehead atoms. The summed E-state index contributed by atoms with van der Waals surface area (Å²) in [6.07, 6.45) is 1.32. The number of carboxylic acids is 1. The van der Waals surface area contributed by atoms with Crippen molar-refractivity contribution >= 4 is 11.9 Å². The summed E-state index contributed by atoms with van der Waals surface area (Å²) in [4.78, 5) is 20.5. The van der Waals surface area contributed by atoms with Gasteiger partial charge in [0.1, 0.15) is 5.70 Å². The van der Waals surface area contributed by atoms with E-state index in [1.165, 1.54) is 13.0 Å². The molecule has 0 rings (SSSR count). The maximum atomic E-state index is 10.3. The second-order valence-electron chi connectivity index (χ2n) is 2.00. The third-order valence-corrected chi connectivity index (χ3v) is 0.830. The van der Waals surface area contributed by atoms with E-state index in [1.807, 2.05) is 0 Å². The molecular weight excluding hydrogens is 174 g/mol. The van der Waals surface area contributed by atoms with Crippen molar-refractivity contribution in [2.24, 2.45) is 0 Å². The summed E-state index contributed by atoms with van der Waals surface area (Å²) in [5, 5.41) is 18.1. The molecule has 0 aromatic heterocycles. The highest BCUT2D eigenvalue weighted by molar-refractivity contribution is 5.91. The summed E-state index contributed by atoms with van der Waals surface area (Å²) in [5.41, 5.74) is -0.0903. The average Bonchev–Trinajstić information content (AvgIpc) is 2.00. The number of rotatable bonds is 2. The largest absolute Gasteiger partial charge is 0.477 e. The minimum atomic E-state index is -1.13. The molecule has 76 valence electrons. The molecule has 0 aromatic carbocycles. The van der Waals surface area contributed by atoms with Crippen molar-refractivity contribution in [1.82, 2.24) is 5.32 Å². The predicted octanol–water partition coefficient (Wildman–Crippen LogP) is 0.109. The van der Waals surface area contributed by atoms with Gasteiger partial charge in [0.25, 0.3) is 0 Å². The van der Waals surface area contributed by atoms with Crippen molar-refractivity contribution in [3.8, 4) is 0 Å². The number of aliphatic hydroxyl groups is 1. The van der Waals surface area contributed by atoms with Crippen LogP contribution in [-0.4, -0.2) is 28.7 Å². The highest BCUT2D eigenvalue weighted by Crippen LogP contribution is 1.86. The van der Waals surface area contributed by atoms with Crippen LogP contribution in [-0.2, 0) is 9.59 Å². The molecule has 5 heteroatoms. The van der Waals surface area contributed by atoms with E-state index >= 15 is 0 Å². The van der Waals surface area contributed by atoms with Crippen LogP contribution < -0.4 is 5.32 Å². The predicted molar refractivity (Wildman–Crippen MR) is 48.0 cm³/mol. The van der Waals surface area contributed by atoms with E-state index in [4.69, 9.17) is 10.2 Å². The van der Waals surface area contributed by atoms with Gasteiger partial charge in [0, 0.05) is 13.5 Å². The van der Waals surface area contributed by atoms with Crippen LogP contribution in [0.2, 0.25) is 0 Å². The molecule has 0 saturated heterocycles. The summed E-state index contributed by atoms with van der Waals surface area (Å²) < 4.78 is 0. The monoisotopic (exact) mass is 189 g/mol. The summed E-state index contributed by atoms with van der Waals surface area (Å²) >= 11 is 0. The Labute approximate surface area is 77.1 Å². The van der Waals surface area contributed by atoms with Gasteiger partial charge < -0.3 is 15.5 Å². The molecule has 1 amide bonds. The third kappa shape index (κ3) is 10.6. The summed E-state index contributed by atoms with van der Waals surface area (Å²) in [6.45, 7) is 4.73. The Bertz CT molecular complexity index is 198. The molecule has 13 heavy (non-hydrogen) atoms. The lowest BCUT2D eigenvalue weighted by Crippen LogP contribution is -2.24. The molecule has 0 fully saturated rings. The van der Waals surface area contributed by atoms with E-state index in [1.54, 1.807) is 13.8 Å². The molecular formula is C8H15NO4. The fourth-order valence-corrected chi connectivity index (χ4v) is 0.439. The Hall–Kier alpha value is -1.36. The first-order valence-electron chi connectivity index (χ1n) is 3.77. The zero-order valence-electron chi connectivity index (χ0n) is 8.00. The molecule has 0 aliphatic carbocycles. The van der Waals surface area contributed by atoms with E-state index in [0.29, 0.717) is 0 Å². The van der Waals surface area contributed by atoms with Crippen LogP contribution in [0.4, 0.5) is 0 Å². The van der Waals surface area contributed by atoms with Crippen LogP contribution in [0, 0.1) is 0 Å². The summed E-state index contributed by atoms with van der Waals surface area (Å²) in [7, 11) is 0. The Morgan fingerprint density at radius 1 is 1.46 bits per heavy atom. The lowest BCUT2D eigenvalue weighted by atomic mass is 10.4. The van der Waals surface area contributed by atoms with Gasteiger partial charge in [-0.25, -0.2) is 4.79 Å². The molecule has 0 heterocycles. The Morgan fingerprint density at radius 3 is 1.92 bits per heavy atom. The summed E-state index contributed by atoms with van der Waals surface area (Å²) in [5.74, 6) is -1.51. The highest BCUT2D eigenvalue weighted by atomic mass is 16.4. The SMILES string of the molecule is CC=C(NC(C)=O)C(=O)O.CCO. The Morgan fingerprint density at radius 2 is 1.85 bits per heavy atom. The number of carbonyl (C=O) groups is 2. The van der Waals surface area contributed by atoms with Gasteiger partial charge in [-0.3, -0.25) is 4.79 Å². The van der Waals surface area contributed by atoms with Crippen LogP contribution >= 0.6 is 0 Å². The first-order chi connectivity index (χ1) is 5.99. The molecule has 0 spiro atoms. The fraction of sp³-hybridized carbons (Fsp3) is 0.500. The van der Waals surface area contributed by atoms with Crippen molar-refractivity contribution in [3.05, 3.63) is 11.8 Å². The van der Waals surface area contributed by atoms with Gasteiger partial charge in [-0.15, -0.1) is 0 Å². The first-order valence-corrected chi connectivity index (χ1v) is 3.77. The van der Waals surface area contributed by atoms with E-state index < -0.39 is 5.97 Å². The van der Waals surface area contributed by atoms with Gasteiger partial charge in [-0.1, -0.05) is 6.08 Å². The van der Waals surface area contributed by atoms with Gasteiger partial charge >= 0.3 is 5.97 Å². The van der Waals surface area contributed by atoms with E-state index in [2.05, 4.69) is 5.32 Å². The normalized spacial score (nSPS) is 9.69. The van der Waals surface area contributed by atoms with Crippen LogP contribution in [0.1, 0.15) is 20.8 Å². The zero-order chi connectivity index (χ0) is 10.9. The van der Waals surface area contributed by atoms with Gasteiger partial charge in [-0.2, -0.15) is 0 Å². The average molecular weight is 189 g/mol. The maximum absolute atomic E-state index is 10.3. The molecule has 0 atom stereocenters.